The van der Waals surface area contributed by atoms with Crippen LogP contribution in [0.4, 0.5) is 10.1 Å². The number of para-hydroxylation sites is 1. The maximum Gasteiger partial charge on any atom is 0.141 e. The zero-order valence-electron chi connectivity index (χ0n) is 12.4. The van der Waals surface area contributed by atoms with Crippen LogP contribution < -0.4 is 10.2 Å². The second-order valence-electron chi connectivity index (χ2n) is 6.23. The molecule has 1 aromatic carbocycles. The van der Waals surface area contributed by atoms with Gasteiger partial charge in [0.1, 0.15) is 5.82 Å². The van der Waals surface area contributed by atoms with Crippen molar-refractivity contribution in [2.24, 2.45) is 0 Å². The van der Waals surface area contributed by atoms with Gasteiger partial charge in [-0.2, -0.15) is 0 Å². The molecule has 3 nitrogen and oxygen atoms in total. The van der Waals surface area contributed by atoms with Gasteiger partial charge in [-0.25, -0.2) is 4.39 Å². The van der Waals surface area contributed by atoms with Gasteiger partial charge >= 0.3 is 0 Å². The van der Waals surface area contributed by atoms with Crippen molar-refractivity contribution in [2.75, 3.05) is 11.4 Å². The van der Waals surface area contributed by atoms with Crippen LogP contribution in [0.15, 0.2) is 42.7 Å². The van der Waals surface area contributed by atoms with E-state index in [0.29, 0.717) is 6.54 Å². The van der Waals surface area contributed by atoms with Crippen molar-refractivity contribution in [3.05, 3.63) is 59.7 Å². The van der Waals surface area contributed by atoms with Crippen LogP contribution in [-0.2, 0) is 13.1 Å². The van der Waals surface area contributed by atoms with E-state index in [4.69, 9.17) is 0 Å². The third-order valence-corrected chi connectivity index (χ3v) is 3.81. The number of benzene rings is 1. The van der Waals surface area contributed by atoms with E-state index >= 15 is 0 Å². The van der Waals surface area contributed by atoms with E-state index in [2.05, 4.69) is 47.2 Å². The number of aromatic nitrogens is 1. The Balaban J connectivity index is 1.94. The first-order valence-corrected chi connectivity index (χ1v) is 7.21. The number of nitrogens with one attached hydrogen (secondary N) is 1. The lowest BCUT2D eigenvalue weighted by atomic mass is 10.1. The number of fused-ring (bicyclic) bond motifs is 1. The minimum absolute atomic E-state index is 0.000225. The number of rotatable bonds is 2. The summed E-state index contributed by atoms with van der Waals surface area (Å²) in [6, 6.07) is 9.93. The van der Waals surface area contributed by atoms with Gasteiger partial charge in [0.15, 0.2) is 0 Å². The minimum Gasteiger partial charge on any atom is -0.365 e. The molecule has 0 atom stereocenters. The monoisotopic (exact) mass is 285 g/mol. The Labute approximate surface area is 124 Å². The molecule has 1 aliphatic heterocycles. The van der Waals surface area contributed by atoms with Gasteiger partial charge in [-0.05, 0) is 37.1 Å². The maximum absolute atomic E-state index is 13.4. The number of pyridine rings is 1. The highest BCUT2D eigenvalue weighted by molar-refractivity contribution is 5.55. The minimum atomic E-state index is -0.284. The summed E-state index contributed by atoms with van der Waals surface area (Å²) in [5, 5.41) is 3.57. The van der Waals surface area contributed by atoms with E-state index in [0.717, 1.165) is 18.7 Å². The maximum atomic E-state index is 13.4. The molecule has 110 valence electrons. The van der Waals surface area contributed by atoms with Crippen LogP contribution in [0.5, 0.6) is 0 Å². The molecule has 0 spiro atoms. The molecule has 0 amide bonds. The quantitative estimate of drug-likeness (QED) is 0.919. The van der Waals surface area contributed by atoms with Gasteiger partial charge in [0.25, 0.3) is 0 Å². The lowest BCUT2D eigenvalue weighted by Gasteiger charge is -2.32. The van der Waals surface area contributed by atoms with Gasteiger partial charge < -0.3 is 10.2 Å². The fraction of sp³-hybridized carbons (Fsp3) is 0.353. The summed E-state index contributed by atoms with van der Waals surface area (Å²) in [6.07, 6.45) is 2.97. The third-order valence-electron chi connectivity index (χ3n) is 3.81. The Bertz CT molecular complexity index is 639. The molecule has 0 saturated heterocycles. The van der Waals surface area contributed by atoms with Crippen molar-refractivity contribution in [1.82, 2.24) is 10.3 Å². The molecule has 1 N–H and O–H groups in total. The lowest BCUT2D eigenvalue weighted by Crippen LogP contribution is -2.46. The van der Waals surface area contributed by atoms with E-state index in [9.17, 15) is 4.39 Å². The molecule has 1 aliphatic rings. The highest BCUT2D eigenvalue weighted by Crippen LogP contribution is 2.27. The predicted molar refractivity (Wildman–Crippen MR) is 82.6 cm³/mol. The van der Waals surface area contributed by atoms with Gasteiger partial charge in [0.2, 0.25) is 0 Å². The molecular formula is C17H20FN3. The number of hydrogen-bond acceptors (Lipinski definition) is 3. The fourth-order valence-corrected chi connectivity index (χ4v) is 2.83. The standard InChI is InChI=1S/C17H20FN3/c1-17(2)12-21(11-13-7-15(18)10-19-8-13)16-6-4-3-5-14(16)9-20-17/h3-8,10,20H,9,11-12H2,1-2H3. The molecule has 2 heterocycles. The van der Waals surface area contributed by atoms with Crippen molar-refractivity contribution in [3.8, 4) is 0 Å². The summed E-state index contributed by atoms with van der Waals surface area (Å²) in [7, 11) is 0. The average Bonchev–Trinajstić information content (AvgIpc) is 2.56. The molecular weight excluding hydrogens is 265 g/mol. The highest BCUT2D eigenvalue weighted by Gasteiger charge is 2.26. The topological polar surface area (TPSA) is 28.2 Å². The van der Waals surface area contributed by atoms with Crippen LogP contribution in [0.1, 0.15) is 25.0 Å². The normalized spacial score (nSPS) is 17.2. The van der Waals surface area contributed by atoms with Crippen LogP contribution in [0.2, 0.25) is 0 Å². The molecule has 21 heavy (non-hydrogen) atoms. The van der Waals surface area contributed by atoms with Crippen molar-refractivity contribution in [3.63, 3.8) is 0 Å². The molecule has 4 heteroatoms. The average molecular weight is 285 g/mol. The SMILES string of the molecule is CC1(C)CN(Cc2cncc(F)c2)c2ccccc2CN1. The van der Waals surface area contributed by atoms with E-state index in [-0.39, 0.29) is 11.4 Å². The summed E-state index contributed by atoms with van der Waals surface area (Å²) in [6.45, 7) is 6.75. The van der Waals surface area contributed by atoms with Crippen molar-refractivity contribution in [2.45, 2.75) is 32.5 Å². The Kier molecular flexibility index (Phi) is 3.64. The van der Waals surface area contributed by atoms with E-state index in [1.165, 1.54) is 17.4 Å². The molecule has 0 fully saturated rings. The molecule has 0 saturated carbocycles. The molecule has 3 rings (SSSR count). The van der Waals surface area contributed by atoms with E-state index in [1.807, 2.05) is 6.07 Å². The first kappa shape index (κ1) is 14.0. The highest BCUT2D eigenvalue weighted by atomic mass is 19.1. The van der Waals surface area contributed by atoms with Gasteiger partial charge in [-0.15, -0.1) is 0 Å². The van der Waals surface area contributed by atoms with Crippen molar-refractivity contribution in [1.29, 1.82) is 0 Å². The summed E-state index contributed by atoms with van der Waals surface area (Å²) >= 11 is 0. The van der Waals surface area contributed by atoms with Crippen molar-refractivity contribution >= 4 is 5.69 Å². The largest absolute Gasteiger partial charge is 0.365 e. The molecule has 0 bridgehead atoms. The summed E-state index contributed by atoms with van der Waals surface area (Å²) in [5.41, 5.74) is 3.37. The van der Waals surface area contributed by atoms with Crippen molar-refractivity contribution < 1.29 is 4.39 Å². The Morgan fingerprint density at radius 1 is 1.29 bits per heavy atom. The first-order valence-electron chi connectivity index (χ1n) is 7.21. The predicted octanol–water partition coefficient (Wildman–Crippen LogP) is 3.11. The fourth-order valence-electron chi connectivity index (χ4n) is 2.83. The number of halogens is 1. The van der Waals surface area contributed by atoms with Gasteiger partial charge in [-0.1, -0.05) is 18.2 Å². The third kappa shape index (κ3) is 3.22. The van der Waals surface area contributed by atoms with Crippen LogP contribution in [0.3, 0.4) is 0 Å². The van der Waals surface area contributed by atoms with Crippen LogP contribution in [-0.4, -0.2) is 17.1 Å². The van der Waals surface area contributed by atoms with Gasteiger partial charge in [-0.3, -0.25) is 4.98 Å². The van der Waals surface area contributed by atoms with Crippen LogP contribution in [0.25, 0.3) is 0 Å². The van der Waals surface area contributed by atoms with Gasteiger partial charge in [0.05, 0.1) is 6.20 Å². The molecule has 0 radical (unpaired) electrons. The van der Waals surface area contributed by atoms with E-state index < -0.39 is 0 Å². The first-order chi connectivity index (χ1) is 10.0. The number of anilines is 1. The zero-order valence-corrected chi connectivity index (χ0v) is 12.4. The van der Waals surface area contributed by atoms with Crippen LogP contribution >= 0.6 is 0 Å². The molecule has 0 unspecified atom stereocenters. The summed E-state index contributed by atoms with van der Waals surface area (Å²) in [5.74, 6) is -0.284. The second kappa shape index (κ2) is 5.45. The Hall–Kier alpha value is -1.94. The summed E-state index contributed by atoms with van der Waals surface area (Å²) in [4.78, 5) is 6.25. The van der Waals surface area contributed by atoms with E-state index in [1.54, 1.807) is 12.3 Å². The zero-order chi connectivity index (χ0) is 14.9. The number of hydrogen-bond donors (Lipinski definition) is 1. The molecule has 0 aliphatic carbocycles. The van der Waals surface area contributed by atoms with Gasteiger partial charge in [0, 0.05) is 37.1 Å². The smallest absolute Gasteiger partial charge is 0.141 e. The molecule has 1 aromatic heterocycles. The Morgan fingerprint density at radius 3 is 2.90 bits per heavy atom. The summed E-state index contributed by atoms with van der Waals surface area (Å²) < 4.78 is 13.4. The number of nitrogens with zero attached hydrogens (tertiary/aromatic N) is 2. The second-order valence-corrected chi connectivity index (χ2v) is 6.23. The lowest BCUT2D eigenvalue weighted by molar-refractivity contribution is 0.395. The van der Waals surface area contributed by atoms with Crippen LogP contribution in [0, 0.1) is 5.82 Å². The molecule has 2 aromatic rings. The Morgan fingerprint density at radius 2 is 2.10 bits per heavy atom.